The molecule has 0 aliphatic heterocycles. The van der Waals surface area contributed by atoms with Crippen LogP contribution < -0.4 is 5.32 Å². The molecule has 0 bridgehead atoms. The third-order valence-corrected chi connectivity index (χ3v) is 3.41. The summed E-state index contributed by atoms with van der Waals surface area (Å²) in [5.74, 6) is -1.11. The normalized spacial score (nSPS) is 12.3. The van der Waals surface area contributed by atoms with Crippen molar-refractivity contribution in [3.05, 3.63) is 42.1 Å². The summed E-state index contributed by atoms with van der Waals surface area (Å²) in [7, 11) is 0. The number of aromatic nitrogens is 1. The van der Waals surface area contributed by atoms with E-state index in [1.807, 2.05) is 44.2 Å². The van der Waals surface area contributed by atoms with Crippen LogP contribution in [-0.2, 0) is 16.0 Å². The van der Waals surface area contributed by atoms with E-state index in [0.29, 0.717) is 6.42 Å². The highest BCUT2D eigenvalue weighted by molar-refractivity contribution is 5.89. The molecular weight excluding hydrogens is 280 g/mol. The lowest BCUT2D eigenvalue weighted by Crippen LogP contribution is -2.42. The smallest absolute Gasteiger partial charge is 0.326 e. The summed E-state index contributed by atoms with van der Waals surface area (Å²) in [6, 6.07) is 8.57. The number of nitrogens with zero attached hydrogens (tertiary/aromatic N) is 1. The third-order valence-electron chi connectivity index (χ3n) is 3.41. The predicted octanol–water partition coefficient (Wildman–Crippen LogP) is 2.39. The van der Waals surface area contributed by atoms with Crippen molar-refractivity contribution in [2.24, 2.45) is 5.92 Å². The molecule has 1 aromatic heterocycles. The van der Waals surface area contributed by atoms with Gasteiger partial charge in [0.1, 0.15) is 6.04 Å². The van der Waals surface area contributed by atoms with Crippen molar-refractivity contribution in [1.29, 1.82) is 0 Å². The molecule has 2 aromatic rings. The van der Waals surface area contributed by atoms with Crippen LogP contribution in [0.2, 0.25) is 0 Å². The van der Waals surface area contributed by atoms with E-state index in [4.69, 9.17) is 0 Å². The topological polar surface area (TPSA) is 79.3 Å². The van der Waals surface area contributed by atoms with Gasteiger partial charge in [-0.05, 0) is 24.0 Å². The molecule has 1 heterocycles. The number of hydrogen-bond acceptors (Lipinski definition) is 3. The van der Waals surface area contributed by atoms with Crippen LogP contribution in [-0.4, -0.2) is 28.0 Å². The number of amides is 1. The van der Waals surface area contributed by atoms with Gasteiger partial charge in [-0.15, -0.1) is 0 Å². The van der Waals surface area contributed by atoms with E-state index < -0.39 is 12.0 Å². The molecule has 0 radical (unpaired) electrons. The van der Waals surface area contributed by atoms with Crippen molar-refractivity contribution in [2.75, 3.05) is 0 Å². The molecule has 0 unspecified atom stereocenters. The van der Waals surface area contributed by atoms with Gasteiger partial charge in [0.25, 0.3) is 0 Å². The third kappa shape index (κ3) is 4.04. The van der Waals surface area contributed by atoms with E-state index in [0.717, 1.165) is 16.5 Å². The zero-order valence-electron chi connectivity index (χ0n) is 12.7. The minimum Gasteiger partial charge on any atom is -0.480 e. The number of carbonyl (C=O) groups is 2. The molecule has 2 N–H and O–H groups in total. The van der Waals surface area contributed by atoms with E-state index in [1.54, 1.807) is 6.20 Å². The Kier molecular flexibility index (Phi) is 5.09. The number of carboxylic acid groups (broad SMARTS) is 1. The number of benzene rings is 1. The first-order chi connectivity index (χ1) is 10.5. The van der Waals surface area contributed by atoms with Gasteiger partial charge in [-0.25, -0.2) is 4.79 Å². The van der Waals surface area contributed by atoms with Crippen LogP contribution in [0.4, 0.5) is 0 Å². The second kappa shape index (κ2) is 7.02. The number of rotatable bonds is 6. The number of hydrogen-bond donors (Lipinski definition) is 2. The second-order valence-electron chi connectivity index (χ2n) is 5.76. The molecule has 5 nitrogen and oxygen atoms in total. The van der Waals surface area contributed by atoms with Crippen LogP contribution in [0.15, 0.2) is 36.5 Å². The highest BCUT2D eigenvalue weighted by Crippen LogP contribution is 2.16. The first-order valence-electron chi connectivity index (χ1n) is 7.32. The van der Waals surface area contributed by atoms with E-state index >= 15 is 0 Å². The molecule has 0 saturated heterocycles. The summed E-state index contributed by atoms with van der Waals surface area (Å²) >= 11 is 0. The Morgan fingerprint density at radius 1 is 1.23 bits per heavy atom. The minimum absolute atomic E-state index is 0.121. The zero-order chi connectivity index (χ0) is 16.1. The van der Waals surface area contributed by atoms with Crippen LogP contribution in [0.25, 0.3) is 10.9 Å². The Balaban J connectivity index is 2.12. The van der Waals surface area contributed by atoms with Gasteiger partial charge in [-0.1, -0.05) is 38.1 Å². The largest absolute Gasteiger partial charge is 0.480 e. The summed E-state index contributed by atoms with van der Waals surface area (Å²) < 4.78 is 0. The molecule has 0 fully saturated rings. The number of nitrogens with one attached hydrogen (secondary N) is 1. The first kappa shape index (κ1) is 15.9. The molecule has 116 valence electrons. The van der Waals surface area contributed by atoms with E-state index in [1.165, 1.54) is 0 Å². The van der Waals surface area contributed by atoms with Gasteiger partial charge in [-0.3, -0.25) is 9.78 Å². The van der Waals surface area contributed by atoms with Gasteiger partial charge in [0.05, 0.1) is 11.9 Å². The van der Waals surface area contributed by atoms with Crippen molar-refractivity contribution in [3.63, 3.8) is 0 Å². The number of aliphatic carboxylic acids is 1. The van der Waals surface area contributed by atoms with Gasteiger partial charge >= 0.3 is 5.97 Å². The van der Waals surface area contributed by atoms with Crippen molar-refractivity contribution in [2.45, 2.75) is 32.7 Å². The molecule has 5 heteroatoms. The van der Waals surface area contributed by atoms with Gasteiger partial charge in [0.2, 0.25) is 5.91 Å². The zero-order valence-corrected chi connectivity index (χ0v) is 12.7. The molecule has 0 saturated carbocycles. The number of carboxylic acids is 1. The lowest BCUT2D eigenvalue weighted by molar-refractivity contribution is -0.142. The first-order valence-corrected chi connectivity index (χ1v) is 7.32. The van der Waals surface area contributed by atoms with Gasteiger partial charge in [0, 0.05) is 11.6 Å². The molecule has 22 heavy (non-hydrogen) atoms. The Labute approximate surface area is 129 Å². The minimum atomic E-state index is -1.00. The lowest BCUT2D eigenvalue weighted by Gasteiger charge is -2.16. The highest BCUT2D eigenvalue weighted by Gasteiger charge is 2.21. The van der Waals surface area contributed by atoms with Gasteiger partial charge in [0.15, 0.2) is 0 Å². The Hall–Kier alpha value is -2.43. The summed E-state index contributed by atoms with van der Waals surface area (Å²) in [5.41, 5.74) is 1.57. The Morgan fingerprint density at radius 2 is 1.95 bits per heavy atom. The predicted molar refractivity (Wildman–Crippen MR) is 84.5 cm³/mol. The SMILES string of the molecule is CC(C)C[C@H](NC(=O)Cc1cccc2cccnc12)C(=O)O. The van der Waals surface area contributed by atoms with E-state index in [2.05, 4.69) is 10.3 Å². The lowest BCUT2D eigenvalue weighted by atomic mass is 10.0. The van der Waals surface area contributed by atoms with E-state index in [9.17, 15) is 14.7 Å². The van der Waals surface area contributed by atoms with Crippen LogP contribution in [0.5, 0.6) is 0 Å². The molecule has 0 aliphatic carbocycles. The van der Waals surface area contributed by atoms with Crippen molar-refractivity contribution in [1.82, 2.24) is 10.3 Å². The highest BCUT2D eigenvalue weighted by atomic mass is 16.4. The molecule has 0 spiro atoms. The monoisotopic (exact) mass is 300 g/mol. The summed E-state index contributed by atoms with van der Waals surface area (Å²) in [6.45, 7) is 3.85. The van der Waals surface area contributed by atoms with Crippen LogP contribution in [0.3, 0.4) is 0 Å². The number of pyridine rings is 1. The standard InChI is InChI=1S/C17H20N2O3/c1-11(2)9-14(17(21)22)19-15(20)10-13-6-3-5-12-7-4-8-18-16(12)13/h3-8,11,14H,9-10H2,1-2H3,(H,19,20)(H,21,22)/t14-/m0/s1. The maximum absolute atomic E-state index is 12.2. The van der Waals surface area contributed by atoms with Crippen LogP contribution in [0.1, 0.15) is 25.8 Å². The fourth-order valence-corrected chi connectivity index (χ4v) is 2.42. The quantitative estimate of drug-likeness (QED) is 0.858. The molecule has 2 rings (SSSR count). The molecule has 1 aromatic carbocycles. The maximum atomic E-state index is 12.2. The van der Waals surface area contributed by atoms with Gasteiger partial charge < -0.3 is 10.4 Å². The average Bonchev–Trinajstić information content (AvgIpc) is 2.46. The van der Waals surface area contributed by atoms with Crippen molar-refractivity contribution >= 4 is 22.8 Å². The van der Waals surface area contributed by atoms with Crippen LogP contribution >= 0.6 is 0 Å². The summed E-state index contributed by atoms with van der Waals surface area (Å²) in [5, 5.41) is 12.7. The number of fused-ring (bicyclic) bond motifs is 1. The number of carbonyl (C=O) groups excluding carboxylic acids is 1. The average molecular weight is 300 g/mol. The maximum Gasteiger partial charge on any atom is 0.326 e. The Morgan fingerprint density at radius 3 is 2.64 bits per heavy atom. The van der Waals surface area contributed by atoms with Crippen molar-refractivity contribution < 1.29 is 14.7 Å². The molecular formula is C17H20N2O3. The van der Waals surface area contributed by atoms with Crippen molar-refractivity contribution in [3.8, 4) is 0 Å². The fourth-order valence-electron chi connectivity index (χ4n) is 2.42. The summed E-state index contributed by atoms with van der Waals surface area (Å²) in [6.07, 6.45) is 2.22. The molecule has 1 atom stereocenters. The van der Waals surface area contributed by atoms with Crippen LogP contribution in [0, 0.1) is 5.92 Å². The van der Waals surface area contributed by atoms with Gasteiger partial charge in [-0.2, -0.15) is 0 Å². The fraction of sp³-hybridized carbons (Fsp3) is 0.353. The molecule has 0 aliphatic rings. The summed E-state index contributed by atoms with van der Waals surface area (Å²) in [4.78, 5) is 27.7. The second-order valence-corrected chi connectivity index (χ2v) is 5.76. The van der Waals surface area contributed by atoms with E-state index in [-0.39, 0.29) is 18.2 Å². The number of para-hydroxylation sites is 1. The molecule has 1 amide bonds. The Bertz CT molecular complexity index is 677.